The van der Waals surface area contributed by atoms with Crippen LogP contribution >= 0.6 is 0 Å². The molecule has 1 heterocycles. The van der Waals surface area contributed by atoms with Crippen LogP contribution in [-0.2, 0) is 9.59 Å². The molecule has 6 nitrogen and oxygen atoms in total. The molecule has 0 saturated carbocycles. The minimum atomic E-state index is -0.465. The van der Waals surface area contributed by atoms with E-state index in [1.54, 1.807) is 17.0 Å². The summed E-state index contributed by atoms with van der Waals surface area (Å²) in [5.74, 6) is -0.538. The Labute approximate surface area is 181 Å². The lowest BCUT2D eigenvalue weighted by molar-refractivity contribution is -0.384. The number of ketones is 1. The van der Waals surface area contributed by atoms with Crippen LogP contribution in [0.25, 0.3) is 0 Å². The molecule has 4 rings (SSSR count). The number of benzene rings is 2. The number of carbonyl (C=O) groups is 2. The number of Topliss-reactive ketones (excluding diaryl/α,β-unsaturated/α-hetero) is 1. The van der Waals surface area contributed by atoms with Crippen molar-refractivity contribution in [2.45, 2.75) is 52.9 Å². The van der Waals surface area contributed by atoms with Crippen LogP contribution in [0.3, 0.4) is 0 Å². The van der Waals surface area contributed by atoms with Crippen molar-refractivity contribution < 1.29 is 14.5 Å². The van der Waals surface area contributed by atoms with Gasteiger partial charge in [-0.2, -0.15) is 0 Å². The summed E-state index contributed by atoms with van der Waals surface area (Å²) in [5.41, 5.74) is 4.57. The van der Waals surface area contributed by atoms with Gasteiger partial charge in [0, 0.05) is 47.8 Å². The second kappa shape index (κ2) is 7.45. The largest absolute Gasteiger partial charge is 0.294 e. The van der Waals surface area contributed by atoms with Crippen LogP contribution in [0, 0.1) is 29.4 Å². The van der Waals surface area contributed by atoms with Crippen molar-refractivity contribution in [1.29, 1.82) is 0 Å². The van der Waals surface area contributed by atoms with Crippen LogP contribution in [0.4, 0.5) is 11.4 Å². The highest BCUT2D eigenvalue weighted by atomic mass is 16.6. The molecule has 2 aromatic rings. The van der Waals surface area contributed by atoms with Gasteiger partial charge in [-0.3, -0.25) is 24.6 Å². The van der Waals surface area contributed by atoms with Gasteiger partial charge < -0.3 is 0 Å². The minimum Gasteiger partial charge on any atom is -0.294 e. The van der Waals surface area contributed by atoms with Crippen molar-refractivity contribution >= 4 is 23.1 Å². The summed E-state index contributed by atoms with van der Waals surface area (Å²) in [4.78, 5) is 39.3. The maximum atomic E-state index is 13.4. The fourth-order valence-electron chi connectivity index (χ4n) is 4.93. The molecule has 1 unspecified atom stereocenters. The highest BCUT2D eigenvalue weighted by molar-refractivity contribution is 6.07. The summed E-state index contributed by atoms with van der Waals surface area (Å²) in [6.07, 6.45) is 1.10. The molecule has 0 N–H and O–H groups in total. The maximum absolute atomic E-state index is 13.4. The molecule has 2 aliphatic rings. The average molecular weight is 418 g/mol. The molecule has 0 radical (unpaired) electrons. The van der Waals surface area contributed by atoms with E-state index in [9.17, 15) is 19.7 Å². The molecule has 1 aliphatic carbocycles. The Balaban J connectivity index is 1.91. The number of amides is 1. The SMILES string of the molecule is Cc1cc(C)cc(N2C(=O)CC(c3cccc([N+](=O)[O-])c3)C3=C2CC(C)(C)CC3=O)c1. The van der Waals surface area contributed by atoms with Crippen molar-refractivity contribution in [1.82, 2.24) is 0 Å². The van der Waals surface area contributed by atoms with Crippen molar-refractivity contribution in [2.24, 2.45) is 5.41 Å². The summed E-state index contributed by atoms with van der Waals surface area (Å²) in [6.45, 7) is 8.05. The zero-order chi connectivity index (χ0) is 22.5. The molecule has 0 fully saturated rings. The van der Waals surface area contributed by atoms with E-state index < -0.39 is 10.8 Å². The Morgan fingerprint density at radius 3 is 2.35 bits per heavy atom. The van der Waals surface area contributed by atoms with Crippen molar-refractivity contribution in [3.63, 3.8) is 0 Å². The van der Waals surface area contributed by atoms with Gasteiger partial charge in [-0.1, -0.05) is 32.0 Å². The number of nitrogens with zero attached hydrogens (tertiary/aromatic N) is 2. The summed E-state index contributed by atoms with van der Waals surface area (Å²) >= 11 is 0. The van der Waals surface area contributed by atoms with E-state index in [1.807, 2.05) is 39.8 Å². The van der Waals surface area contributed by atoms with Crippen LogP contribution in [0.15, 0.2) is 53.7 Å². The third-order valence-electron chi connectivity index (χ3n) is 6.09. The predicted molar refractivity (Wildman–Crippen MR) is 119 cm³/mol. The molecule has 0 aromatic heterocycles. The summed E-state index contributed by atoms with van der Waals surface area (Å²) < 4.78 is 0. The first-order valence-electron chi connectivity index (χ1n) is 10.5. The predicted octanol–water partition coefficient (Wildman–Crippen LogP) is 5.38. The quantitative estimate of drug-likeness (QED) is 0.495. The van der Waals surface area contributed by atoms with E-state index in [0.29, 0.717) is 24.0 Å². The fourth-order valence-corrected chi connectivity index (χ4v) is 4.93. The summed E-state index contributed by atoms with van der Waals surface area (Å²) in [6, 6.07) is 12.3. The van der Waals surface area contributed by atoms with Gasteiger partial charge in [-0.15, -0.1) is 0 Å². The molecule has 31 heavy (non-hydrogen) atoms. The zero-order valence-electron chi connectivity index (χ0n) is 18.3. The second-order valence-electron chi connectivity index (χ2n) is 9.49. The number of anilines is 1. The van der Waals surface area contributed by atoms with E-state index >= 15 is 0 Å². The monoisotopic (exact) mass is 418 g/mol. The number of allylic oxidation sites excluding steroid dienone is 2. The van der Waals surface area contributed by atoms with Crippen LogP contribution < -0.4 is 4.90 Å². The molecule has 0 spiro atoms. The lowest BCUT2D eigenvalue weighted by Crippen LogP contribution is -2.43. The van der Waals surface area contributed by atoms with E-state index in [1.165, 1.54) is 12.1 Å². The first-order valence-corrected chi connectivity index (χ1v) is 10.5. The van der Waals surface area contributed by atoms with Gasteiger partial charge in [-0.25, -0.2) is 0 Å². The molecule has 6 heteroatoms. The van der Waals surface area contributed by atoms with E-state index in [2.05, 4.69) is 6.07 Å². The van der Waals surface area contributed by atoms with Gasteiger partial charge in [0.25, 0.3) is 5.69 Å². The number of aryl methyl sites for hydroxylation is 2. The first kappa shape index (κ1) is 21.0. The third kappa shape index (κ3) is 3.90. The average Bonchev–Trinajstić information content (AvgIpc) is 2.65. The lowest BCUT2D eigenvalue weighted by atomic mass is 9.69. The molecule has 2 aromatic carbocycles. The van der Waals surface area contributed by atoms with E-state index in [4.69, 9.17) is 0 Å². The zero-order valence-corrected chi connectivity index (χ0v) is 18.3. The fraction of sp³-hybridized carbons (Fsp3) is 0.360. The standard InChI is InChI=1S/C25H26N2O4/c1-15-8-16(2)10-19(9-15)26-21-13-25(3,4)14-22(28)24(21)20(12-23(26)29)17-6-5-7-18(11-17)27(30)31/h5-11,20H,12-14H2,1-4H3. The van der Waals surface area contributed by atoms with Gasteiger partial charge in [0.15, 0.2) is 5.78 Å². The number of hydrogen-bond acceptors (Lipinski definition) is 4. The van der Waals surface area contributed by atoms with Gasteiger partial charge in [0.05, 0.1) is 4.92 Å². The van der Waals surface area contributed by atoms with E-state index in [0.717, 1.165) is 22.5 Å². The molecule has 0 bridgehead atoms. The molecule has 0 saturated heterocycles. The lowest BCUT2D eigenvalue weighted by Gasteiger charge is -2.43. The topological polar surface area (TPSA) is 80.5 Å². The molecule has 160 valence electrons. The van der Waals surface area contributed by atoms with Gasteiger partial charge in [0.1, 0.15) is 0 Å². The normalized spacial score (nSPS) is 20.6. The number of nitro benzene ring substituents is 1. The minimum absolute atomic E-state index is 0.0182. The number of nitro groups is 1. The van der Waals surface area contributed by atoms with Gasteiger partial charge in [0.2, 0.25) is 5.91 Å². The second-order valence-corrected chi connectivity index (χ2v) is 9.49. The van der Waals surface area contributed by atoms with Crippen molar-refractivity contribution in [3.8, 4) is 0 Å². The molecular weight excluding hydrogens is 392 g/mol. The molecular formula is C25H26N2O4. The smallest absolute Gasteiger partial charge is 0.269 e. The highest BCUT2D eigenvalue weighted by Crippen LogP contribution is 2.48. The van der Waals surface area contributed by atoms with Crippen LogP contribution in [0.5, 0.6) is 0 Å². The Morgan fingerprint density at radius 2 is 1.71 bits per heavy atom. The van der Waals surface area contributed by atoms with Crippen LogP contribution in [0.1, 0.15) is 55.7 Å². The van der Waals surface area contributed by atoms with Crippen LogP contribution in [-0.4, -0.2) is 16.6 Å². The Hall–Kier alpha value is -3.28. The maximum Gasteiger partial charge on any atom is 0.269 e. The molecule has 1 atom stereocenters. The Kier molecular flexibility index (Phi) is 5.04. The Morgan fingerprint density at radius 1 is 1.03 bits per heavy atom. The number of carbonyl (C=O) groups excluding carboxylic acids is 2. The molecule has 1 aliphatic heterocycles. The highest BCUT2D eigenvalue weighted by Gasteiger charge is 2.44. The number of non-ortho nitro benzene ring substituents is 1. The van der Waals surface area contributed by atoms with Crippen LogP contribution in [0.2, 0.25) is 0 Å². The molecule has 1 amide bonds. The first-order chi connectivity index (χ1) is 14.6. The van der Waals surface area contributed by atoms with Gasteiger partial charge in [-0.05, 0) is 54.5 Å². The van der Waals surface area contributed by atoms with Crippen molar-refractivity contribution in [3.05, 3.63) is 80.5 Å². The summed E-state index contributed by atoms with van der Waals surface area (Å²) in [7, 11) is 0. The summed E-state index contributed by atoms with van der Waals surface area (Å²) in [5, 5.41) is 11.3. The van der Waals surface area contributed by atoms with E-state index in [-0.39, 0.29) is 29.2 Å². The van der Waals surface area contributed by atoms with Crippen molar-refractivity contribution in [2.75, 3.05) is 4.90 Å². The third-order valence-corrected chi connectivity index (χ3v) is 6.09. The number of hydrogen-bond donors (Lipinski definition) is 0. The van der Waals surface area contributed by atoms with Gasteiger partial charge >= 0.3 is 0 Å². The Bertz CT molecular complexity index is 1130. The number of rotatable bonds is 3.